The van der Waals surface area contributed by atoms with E-state index in [4.69, 9.17) is 9.40 Å². The molecule has 0 spiro atoms. The van der Waals surface area contributed by atoms with Crippen LogP contribution in [0.3, 0.4) is 0 Å². The van der Waals surface area contributed by atoms with Gasteiger partial charge in [0, 0.05) is 75.6 Å². The molecule has 0 aliphatic carbocycles. The number of amides is 4. The van der Waals surface area contributed by atoms with Crippen molar-refractivity contribution in [2.45, 2.75) is 85.1 Å². The van der Waals surface area contributed by atoms with Crippen LogP contribution in [0.5, 0.6) is 5.75 Å². The van der Waals surface area contributed by atoms with Crippen LogP contribution in [0.25, 0.3) is 34.0 Å². The molecule has 52 heavy (non-hydrogen) atoms. The zero-order valence-electron chi connectivity index (χ0n) is 32.4. The number of nitrogens with one attached hydrogen (secondary N) is 2. The minimum atomic E-state index is -0.329. The number of nitrogens with zero attached hydrogens (tertiary/aromatic N) is 3. The van der Waals surface area contributed by atoms with E-state index < -0.39 is 0 Å². The molecule has 3 N–H and O–H groups in total. The Kier molecular flexibility index (Phi) is 13.7. The topological polar surface area (TPSA) is 111 Å². The van der Waals surface area contributed by atoms with Crippen LogP contribution in [-0.4, -0.2) is 64.3 Å². The van der Waals surface area contributed by atoms with E-state index in [-0.39, 0.29) is 28.6 Å². The molecule has 11 heteroatoms. The highest BCUT2D eigenvalue weighted by atomic mass is 32.1. The minimum Gasteiger partial charge on any atom is -0.507 e. The third-order valence-electron chi connectivity index (χ3n) is 9.03. The van der Waals surface area contributed by atoms with Crippen LogP contribution in [0.4, 0.5) is 21.0 Å². The number of aromatic nitrogens is 1. The van der Waals surface area contributed by atoms with Crippen LogP contribution in [0.15, 0.2) is 65.1 Å². The van der Waals surface area contributed by atoms with Crippen LogP contribution in [-0.2, 0) is 10.8 Å². The van der Waals surface area contributed by atoms with E-state index in [1.165, 1.54) is 0 Å². The van der Waals surface area contributed by atoms with E-state index in [0.717, 1.165) is 68.3 Å². The number of hydrogen-bond donors (Lipinski definition) is 4. The molecular formula is C41H57N5O4SSi. The molecule has 0 saturated carbocycles. The second-order valence-electron chi connectivity index (χ2n) is 15.1. The number of carbonyl (C=O) groups excluding carboxylic acids is 2. The Balaban J connectivity index is 1.83. The van der Waals surface area contributed by atoms with Crippen molar-refractivity contribution >= 4 is 46.3 Å². The van der Waals surface area contributed by atoms with Gasteiger partial charge in [0.2, 0.25) is 5.89 Å². The second kappa shape index (κ2) is 17.5. The molecule has 4 amide bonds. The molecule has 0 bridgehead atoms. The van der Waals surface area contributed by atoms with Gasteiger partial charge in [-0.1, -0.05) is 59.7 Å². The van der Waals surface area contributed by atoms with Gasteiger partial charge in [0.05, 0.1) is 0 Å². The highest BCUT2D eigenvalue weighted by Crippen LogP contribution is 2.44. The second-order valence-corrected chi connectivity index (χ2v) is 16.5. The summed E-state index contributed by atoms with van der Waals surface area (Å²) in [6, 6.07) is 20.4. The summed E-state index contributed by atoms with van der Waals surface area (Å²) in [5.74, 6) is 2.00. The number of aromatic hydroxyl groups is 1. The maximum Gasteiger partial charge on any atom is 0.321 e. The van der Waals surface area contributed by atoms with Crippen molar-refractivity contribution in [1.29, 1.82) is 0 Å². The van der Waals surface area contributed by atoms with Gasteiger partial charge >= 0.3 is 12.1 Å². The molecule has 0 fully saturated rings. The maximum absolute atomic E-state index is 13.0. The summed E-state index contributed by atoms with van der Waals surface area (Å²) in [5, 5.41) is 17.4. The first kappa shape index (κ1) is 40.5. The minimum absolute atomic E-state index is 0.108. The smallest absolute Gasteiger partial charge is 0.321 e. The van der Waals surface area contributed by atoms with Crippen molar-refractivity contribution in [3.8, 4) is 39.8 Å². The monoisotopic (exact) mass is 743 g/mol. The summed E-state index contributed by atoms with van der Waals surface area (Å²) in [7, 11) is 1.12. The van der Waals surface area contributed by atoms with Gasteiger partial charge in [-0.15, -0.1) is 0 Å². The molecule has 9 nitrogen and oxygen atoms in total. The highest BCUT2D eigenvalue weighted by molar-refractivity contribution is 7.80. The third-order valence-corrected chi connectivity index (χ3v) is 10.1. The molecule has 1 heterocycles. The Morgan fingerprint density at radius 2 is 1.23 bits per heavy atom. The Labute approximate surface area is 318 Å². The lowest BCUT2D eigenvalue weighted by Crippen LogP contribution is -2.40. The number of carbonyl (C=O) groups is 2. The average molecular weight is 744 g/mol. The number of rotatable bonds is 13. The lowest BCUT2D eigenvalue weighted by atomic mass is 9.78. The number of oxazole rings is 1. The molecule has 0 unspecified atom stereocenters. The SMILES string of the molecule is CCN(C(=O)NCCC[SiH3])c1ccc(-c2nc(-c3cc(C(C)(C)C)c(O)c(C(C)(C)C)c3)oc2-c2ccc(N(CC)C(=O)NCCCS)cc2)cc1. The molecule has 4 rings (SSSR count). The Hall–Kier alpha value is -4.22. The van der Waals surface area contributed by atoms with Crippen molar-refractivity contribution in [3.05, 3.63) is 71.8 Å². The zero-order valence-corrected chi connectivity index (χ0v) is 35.3. The summed E-state index contributed by atoms with van der Waals surface area (Å²) in [6.45, 7) is 18.7. The predicted octanol–water partition coefficient (Wildman–Crippen LogP) is 8.54. The average Bonchev–Trinajstić information content (AvgIpc) is 3.54. The molecule has 0 aliphatic rings. The summed E-state index contributed by atoms with van der Waals surface area (Å²) < 4.78 is 6.68. The molecule has 0 atom stereocenters. The largest absolute Gasteiger partial charge is 0.507 e. The first-order chi connectivity index (χ1) is 24.6. The van der Waals surface area contributed by atoms with E-state index in [1.54, 1.807) is 9.80 Å². The van der Waals surface area contributed by atoms with Gasteiger partial charge in [-0.25, -0.2) is 14.6 Å². The lowest BCUT2D eigenvalue weighted by molar-refractivity contribution is 0.246. The Bertz CT molecular complexity index is 1680. The summed E-state index contributed by atoms with van der Waals surface area (Å²) in [5.41, 5.74) is 5.57. The van der Waals surface area contributed by atoms with Crippen molar-refractivity contribution in [1.82, 2.24) is 15.6 Å². The number of anilines is 2. The van der Waals surface area contributed by atoms with Crippen LogP contribution < -0.4 is 20.4 Å². The third kappa shape index (κ3) is 9.60. The van der Waals surface area contributed by atoms with E-state index in [0.29, 0.717) is 49.3 Å². The summed E-state index contributed by atoms with van der Waals surface area (Å²) >= 11 is 4.25. The number of hydrogen-bond acceptors (Lipinski definition) is 6. The number of urea groups is 2. The van der Waals surface area contributed by atoms with Crippen molar-refractivity contribution in [3.63, 3.8) is 0 Å². The van der Waals surface area contributed by atoms with Crippen LogP contribution in [0, 0.1) is 0 Å². The molecular weight excluding hydrogens is 687 g/mol. The van der Waals surface area contributed by atoms with Crippen molar-refractivity contribution in [2.24, 2.45) is 0 Å². The van der Waals surface area contributed by atoms with Gasteiger partial charge in [0.25, 0.3) is 0 Å². The molecule has 280 valence electrons. The first-order valence-corrected chi connectivity index (χ1v) is 20.5. The molecule has 4 aromatic rings. The fourth-order valence-electron chi connectivity index (χ4n) is 6.05. The van der Waals surface area contributed by atoms with E-state index in [1.807, 2.05) is 74.5 Å². The fourth-order valence-corrected chi connectivity index (χ4v) is 6.56. The first-order valence-electron chi connectivity index (χ1n) is 18.5. The predicted molar refractivity (Wildman–Crippen MR) is 223 cm³/mol. The lowest BCUT2D eigenvalue weighted by Gasteiger charge is -2.27. The fraction of sp³-hybridized carbons (Fsp3) is 0.439. The van der Waals surface area contributed by atoms with E-state index in [2.05, 4.69) is 64.8 Å². The van der Waals surface area contributed by atoms with Crippen LogP contribution >= 0.6 is 12.6 Å². The van der Waals surface area contributed by atoms with Crippen molar-refractivity contribution < 1.29 is 19.1 Å². The van der Waals surface area contributed by atoms with Gasteiger partial charge in [-0.2, -0.15) is 12.6 Å². The van der Waals surface area contributed by atoms with Gasteiger partial charge < -0.3 is 20.2 Å². The van der Waals surface area contributed by atoms with E-state index in [9.17, 15) is 14.7 Å². The van der Waals surface area contributed by atoms with E-state index >= 15 is 0 Å². The zero-order chi connectivity index (χ0) is 38.2. The van der Waals surface area contributed by atoms with Gasteiger partial charge in [0.15, 0.2) is 5.76 Å². The number of thiol groups is 1. The molecule has 0 aliphatic heterocycles. The highest BCUT2D eigenvalue weighted by Gasteiger charge is 2.29. The molecule has 1 aromatic heterocycles. The van der Waals surface area contributed by atoms with Gasteiger partial charge in [0.1, 0.15) is 11.4 Å². The quantitative estimate of drug-likeness (QED) is 0.0624. The molecule has 0 radical (unpaired) electrons. The number of phenols is 1. The van der Waals surface area contributed by atoms with Crippen LogP contribution in [0.1, 0.15) is 79.4 Å². The number of benzene rings is 3. The molecule has 0 saturated heterocycles. The Morgan fingerprint density at radius 3 is 1.65 bits per heavy atom. The maximum atomic E-state index is 13.0. The summed E-state index contributed by atoms with van der Waals surface area (Å²) in [4.78, 5) is 34.5. The normalized spacial score (nSPS) is 11.8. The molecule has 3 aromatic carbocycles. The Morgan fingerprint density at radius 1 is 0.769 bits per heavy atom. The standard InChI is InChI=1S/C41H57N5O4SSi/c1-9-45(39(49)43-22-12-24-52)30-17-13-27(14-18-30)34-36(28-15-19-31(20-16-28)46(10-2)38(48)42-21-11-23-51)50-37(44-34)29-25-32(40(3,4)5)35(47)33(26-29)41(6,7)8/h13-20,25-26,47,51H,9-12,21-24H2,1-8,52H3,(H,42,48)(H,43,49). The van der Waals surface area contributed by atoms with Crippen molar-refractivity contribution in [2.75, 3.05) is 41.7 Å². The summed E-state index contributed by atoms with van der Waals surface area (Å²) in [6.07, 6.45) is 1.78. The van der Waals surface area contributed by atoms with Gasteiger partial charge in [-0.3, -0.25) is 9.80 Å². The van der Waals surface area contributed by atoms with Gasteiger partial charge in [-0.05, 0) is 91.8 Å². The number of phenolic OH excluding ortho intramolecular Hbond substituents is 1. The van der Waals surface area contributed by atoms with Crippen LogP contribution in [0.2, 0.25) is 6.04 Å².